The van der Waals surface area contributed by atoms with E-state index in [9.17, 15) is 13.2 Å². The van der Waals surface area contributed by atoms with E-state index in [-0.39, 0.29) is 6.10 Å². The van der Waals surface area contributed by atoms with E-state index in [1.54, 1.807) is 0 Å². The summed E-state index contributed by atoms with van der Waals surface area (Å²) in [5.74, 6) is 1.22. The molecule has 0 amide bonds. The first-order chi connectivity index (χ1) is 11.5. The smallest absolute Gasteiger partial charge is 0.416 e. The zero-order chi connectivity index (χ0) is 17.0. The van der Waals surface area contributed by atoms with Gasteiger partial charge >= 0.3 is 6.18 Å². The molecule has 0 N–H and O–H groups in total. The Labute approximate surface area is 140 Å². The van der Waals surface area contributed by atoms with Crippen LogP contribution >= 0.6 is 0 Å². The van der Waals surface area contributed by atoms with Gasteiger partial charge in [0.1, 0.15) is 11.9 Å². The molecule has 1 heterocycles. The summed E-state index contributed by atoms with van der Waals surface area (Å²) in [7, 11) is 0. The maximum absolute atomic E-state index is 12.6. The van der Waals surface area contributed by atoms with Gasteiger partial charge in [-0.05, 0) is 43.0 Å². The summed E-state index contributed by atoms with van der Waals surface area (Å²) in [6.45, 7) is 3.87. The number of rotatable bonds is 4. The van der Waals surface area contributed by atoms with E-state index in [0.29, 0.717) is 19.0 Å². The number of hydrogen-bond donors (Lipinski definition) is 0. The predicted octanol–water partition coefficient (Wildman–Crippen LogP) is 3.98. The average molecular weight is 343 g/mol. The number of benzene rings is 1. The zero-order valence-corrected chi connectivity index (χ0v) is 13.7. The normalized spacial score (nSPS) is 24.0. The summed E-state index contributed by atoms with van der Waals surface area (Å²) < 4.78 is 49.3. The largest absolute Gasteiger partial charge is 0.487 e. The quantitative estimate of drug-likeness (QED) is 0.826. The van der Waals surface area contributed by atoms with Crippen LogP contribution in [0.25, 0.3) is 0 Å². The summed E-state index contributed by atoms with van der Waals surface area (Å²) in [5, 5.41) is 0. The Morgan fingerprint density at radius 3 is 2.50 bits per heavy atom. The van der Waals surface area contributed by atoms with Crippen LogP contribution in [0.4, 0.5) is 13.2 Å². The van der Waals surface area contributed by atoms with Crippen molar-refractivity contribution >= 4 is 0 Å². The molecule has 0 spiro atoms. The minimum absolute atomic E-state index is 0.148. The number of nitrogens with zero attached hydrogens (tertiary/aromatic N) is 1. The van der Waals surface area contributed by atoms with E-state index in [2.05, 4.69) is 4.90 Å². The third-order valence-electron chi connectivity index (χ3n) is 4.79. The van der Waals surface area contributed by atoms with Gasteiger partial charge in [-0.25, -0.2) is 0 Å². The molecule has 1 atom stereocenters. The highest BCUT2D eigenvalue weighted by Crippen LogP contribution is 2.30. The van der Waals surface area contributed by atoms with Gasteiger partial charge in [-0.3, -0.25) is 4.90 Å². The first-order valence-electron chi connectivity index (χ1n) is 8.65. The second-order valence-electron chi connectivity index (χ2n) is 6.75. The third-order valence-corrected chi connectivity index (χ3v) is 4.79. The maximum atomic E-state index is 12.6. The first kappa shape index (κ1) is 17.5. The molecule has 3 nitrogen and oxygen atoms in total. The Kier molecular flexibility index (Phi) is 5.66. The van der Waals surface area contributed by atoms with Crippen LogP contribution in [0, 0.1) is 5.92 Å². The topological polar surface area (TPSA) is 21.7 Å². The van der Waals surface area contributed by atoms with Crippen LogP contribution in [0.3, 0.4) is 0 Å². The second kappa shape index (κ2) is 7.74. The molecule has 1 aromatic carbocycles. The fraction of sp³-hybridized carbons (Fsp3) is 0.667. The Balaban J connectivity index is 1.56. The molecule has 1 aliphatic carbocycles. The fourth-order valence-electron chi connectivity index (χ4n) is 3.55. The van der Waals surface area contributed by atoms with Crippen LogP contribution in [0.2, 0.25) is 0 Å². The van der Waals surface area contributed by atoms with Crippen LogP contribution < -0.4 is 4.74 Å². The van der Waals surface area contributed by atoms with Crippen molar-refractivity contribution in [2.45, 2.75) is 38.0 Å². The highest BCUT2D eigenvalue weighted by atomic mass is 19.4. The maximum Gasteiger partial charge on any atom is 0.416 e. The van der Waals surface area contributed by atoms with E-state index in [1.807, 2.05) is 0 Å². The molecule has 0 unspecified atom stereocenters. The fourth-order valence-corrected chi connectivity index (χ4v) is 3.55. The third kappa shape index (κ3) is 4.86. The molecule has 6 heteroatoms. The van der Waals surface area contributed by atoms with E-state index in [4.69, 9.17) is 9.47 Å². The van der Waals surface area contributed by atoms with Gasteiger partial charge in [-0.2, -0.15) is 13.2 Å². The number of alkyl halides is 3. The molecule has 2 aliphatic rings. The summed E-state index contributed by atoms with van der Waals surface area (Å²) in [6.07, 6.45) is 0.762. The van der Waals surface area contributed by atoms with Gasteiger partial charge in [-0.15, -0.1) is 0 Å². The van der Waals surface area contributed by atoms with Crippen molar-refractivity contribution in [1.82, 2.24) is 4.90 Å². The van der Waals surface area contributed by atoms with Crippen molar-refractivity contribution in [3.05, 3.63) is 29.8 Å². The number of ether oxygens (including phenoxy) is 2. The molecule has 134 valence electrons. The lowest BCUT2D eigenvalue weighted by Gasteiger charge is -2.26. The molecule has 0 aromatic heterocycles. The SMILES string of the molecule is FC(F)(F)c1ccc(O[C@H]2COCCN(CC3CCCC3)C2)cc1. The highest BCUT2D eigenvalue weighted by Gasteiger charge is 2.30. The highest BCUT2D eigenvalue weighted by molar-refractivity contribution is 5.29. The van der Waals surface area contributed by atoms with Gasteiger partial charge in [0.05, 0.1) is 18.8 Å². The summed E-state index contributed by atoms with van der Waals surface area (Å²) in [6, 6.07) is 4.89. The minimum Gasteiger partial charge on any atom is -0.487 e. The van der Waals surface area contributed by atoms with E-state index in [0.717, 1.165) is 37.7 Å². The van der Waals surface area contributed by atoms with Gasteiger partial charge in [0.25, 0.3) is 0 Å². The van der Waals surface area contributed by atoms with Crippen LogP contribution in [0.15, 0.2) is 24.3 Å². The Morgan fingerprint density at radius 2 is 1.83 bits per heavy atom. The standard InChI is InChI=1S/C18H24F3NO2/c19-18(20,21)15-5-7-16(8-6-15)24-17-12-22(9-10-23-13-17)11-14-3-1-2-4-14/h5-8,14,17H,1-4,9-13H2/t17-/m1/s1. The van der Waals surface area contributed by atoms with Crippen LogP contribution in [-0.2, 0) is 10.9 Å². The van der Waals surface area contributed by atoms with Gasteiger partial charge < -0.3 is 9.47 Å². The second-order valence-corrected chi connectivity index (χ2v) is 6.75. The van der Waals surface area contributed by atoms with Gasteiger partial charge in [0.2, 0.25) is 0 Å². The van der Waals surface area contributed by atoms with E-state index >= 15 is 0 Å². The van der Waals surface area contributed by atoms with E-state index in [1.165, 1.54) is 37.8 Å². The zero-order valence-electron chi connectivity index (χ0n) is 13.7. The predicted molar refractivity (Wildman–Crippen MR) is 85.1 cm³/mol. The summed E-state index contributed by atoms with van der Waals surface area (Å²) in [4.78, 5) is 2.37. The van der Waals surface area contributed by atoms with Gasteiger partial charge in [0.15, 0.2) is 0 Å². The average Bonchev–Trinajstić information content (AvgIpc) is 2.94. The lowest BCUT2D eigenvalue weighted by molar-refractivity contribution is -0.137. The first-order valence-corrected chi connectivity index (χ1v) is 8.65. The molecule has 1 saturated carbocycles. The summed E-state index contributed by atoms with van der Waals surface area (Å²) in [5.41, 5.74) is -0.658. The Morgan fingerprint density at radius 1 is 1.12 bits per heavy atom. The van der Waals surface area contributed by atoms with Crippen molar-refractivity contribution in [3.63, 3.8) is 0 Å². The van der Waals surface area contributed by atoms with Gasteiger partial charge in [0, 0.05) is 19.6 Å². The van der Waals surface area contributed by atoms with Crippen molar-refractivity contribution in [2.24, 2.45) is 5.92 Å². The molecule has 2 fully saturated rings. The molecule has 0 bridgehead atoms. The molecule has 0 radical (unpaired) electrons. The number of halogens is 3. The Bertz CT molecular complexity index is 512. The van der Waals surface area contributed by atoms with Crippen molar-refractivity contribution in [2.75, 3.05) is 32.8 Å². The molecule has 1 saturated heterocycles. The molecular weight excluding hydrogens is 319 g/mol. The number of hydrogen-bond acceptors (Lipinski definition) is 3. The molecular formula is C18H24F3NO2. The van der Waals surface area contributed by atoms with Crippen LogP contribution in [0.5, 0.6) is 5.75 Å². The van der Waals surface area contributed by atoms with Crippen molar-refractivity contribution in [1.29, 1.82) is 0 Å². The molecule has 24 heavy (non-hydrogen) atoms. The van der Waals surface area contributed by atoms with Crippen LogP contribution in [0.1, 0.15) is 31.2 Å². The Hall–Kier alpha value is -1.27. The van der Waals surface area contributed by atoms with Gasteiger partial charge in [-0.1, -0.05) is 12.8 Å². The van der Waals surface area contributed by atoms with Crippen molar-refractivity contribution in [3.8, 4) is 5.75 Å². The minimum atomic E-state index is -4.32. The van der Waals surface area contributed by atoms with E-state index < -0.39 is 11.7 Å². The van der Waals surface area contributed by atoms with Crippen molar-refractivity contribution < 1.29 is 22.6 Å². The lowest BCUT2D eigenvalue weighted by atomic mass is 10.1. The molecule has 1 aliphatic heterocycles. The summed E-state index contributed by atoms with van der Waals surface area (Å²) >= 11 is 0. The van der Waals surface area contributed by atoms with Crippen LogP contribution in [-0.4, -0.2) is 43.9 Å². The molecule has 1 aromatic rings. The monoisotopic (exact) mass is 343 g/mol. The lowest BCUT2D eigenvalue weighted by Crippen LogP contribution is -2.38. The molecule has 3 rings (SSSR count).